The Balaban J connectivity index is 1.38. The Labute approximate surface area is 183 Å². The highest BCUT2D eigenvalue weighted by molar-refractivity contribution is 5.90. The van der Waals surface area contributed by atoms with Crippen molar-refractivity contribution in [3.05, 3.63) is 59.9 Å². The van der Waals surface area contributed by atoms with E-state index >= 15 is 0 Å². The first-order valence-corrected chi connectivity index (χ1v) is 10.7. The van der Waals surface area contributed by atoms with Gasteiger partial charge in [0.05, 0.1) is 7.11 Å². The molecule has 1 fully saturated rings. The third kappa shape index (κ3) is 7.36. The van der Waals surface area contributed by atoms with Crippen LogP contribution in [-0.2, 0) is 16.0 Å². The number of nitrogens with one attached hydrogen (secondary N) is 1. The van der Waals surface area contributed by atoms with Crippen molar-refractivity contribution in [2.24, 2.45) is 0 Å². The van der Waals surface area contributed by atoms with Gasteiger partial charge in [-0.15, -0.1) is 0 Å². The summed E-state index contributed by atoms with van der Waals surface area (Å²) in [6.45, 7) is 3.70. The Morgan fingerprint density at radius 1 is 0.968 bits per heavy atom. The molecule has 7 heteroatoms. The number of anilines is 1. The summed E-state index contributed by atoms with van der Waals surface area (Å²) < 4.78 is 18.1. The van der Waals surface area contributed by atoms with Gasteiger partial charge in [0.15, 0.2) is 0 Å². The molecule has 0 radical (unpaired) electrons. The fourth-order valence-electron chi connectivity index (χ4n) is 3.66. The molecule has 1 aliphatic rings. The quantitative estimate of drug-likeness (QED) is 0.702. The predicted molar refractivity (Wildman–Crippen MR) is 119 cm³/mol. The van der Waals surface area contributed by atoms with Gasteiger partial charge in [-0.25, -0.2) is 4.39 Å². The van der Waals surface area contributed by atoms with Crippen LogP contribution in [0.3, 0.4) is 0 Å². The number of hydrogen-bond acceptors (Lipinski definition) is 4. The van der Waals surface area contributed by atoms with Crippen molar-refractivity contribution in [1.29, 1.82) is 0 Å². The Kier molecular flexibility index (Phi) is 8.41. The molecule has 0 unspecified atom stereocenters. The van der Waals surface area contributed by atoms with E-state index in [1.807, 2.05) is 29.2 Å². The molecule has 0 spiro atoms. The van der Waals surface area contributed by atoms with Crippen LogP contribution in [0.2, 0.25) is 0 Å². The first kappa shape index (κ1) is 22.7. The minimum atomic E-state index is -0.328. The number of halogens is 1. The first-order chi connectivity index (χ1) is 15.0. The van der Waals surface area contributed by atoms with Crippen LogP contribution >= 0.6 is 0 Å². The molecule has 0 aliphatic carbocycles. The summed E-state index contributed by atoms with van der Waals surface area (Å²) in [6, 6.07) is 13.6. The molecule has 1 N–H and O–H groups in total. The molecule has 2 aromatic carbocycles. The van der Waals surface area contributed by atoms with Crippen LogP contribution in [0.25, 0.3) is 0 Å². The normalized spacial score (nSPS) is 14.7. The number of amides is 2. The third-order valence-corrected chi connectivity index (χ3v) is 5.51. The zero-order chi connectivity index (χ0) is 22.1. The molecule has 31 heavy (non-hydrogen) atoms. The number of nitrogens with zero attached hydrogens (tertiary/aromatic N) is 2. The van der Waals surface area contributed by atoms with Gasteiger partial charge in [-0.2, -0.15) is 0 Å². The highest BCUT2D eigenvalue weighted by Crippen LogP contribution is 2.14. The number of rotatable bonds is 8. The smallest absolute Gasteiger partial charge is 0.225 e. The lowest BCUT2D eigenvalue weighted by molar-refractivity contribution is -0.131. The first-order valence-electron chi connectivity index (χ1n) is 10.7. The lowest BCUT2D eigenvalue weighted by Crippen LogP contribution is -2.36. The maximum atomic E-state index is 13.0. The molecule has 0 aromatic heterocycles. The molecule has 6 nitrogen and oxygen atoms in total. The van der Waals surface area contributed by atoms with Crippen LogP contribution in [0.15, 0.2) is 48.5 Å². The van der Waals surface area contributed by atoms with Crippen molar-refractivity contribution >= 4 is 17.5 Å². The Morgan fingerprint density at radius 3 is 2.42 bits per heavy atom. The molecule has 0 bridgehead atoms. The lowest BCUT2D eigenvalue weighted by atomic mass is 10.1. The average molecular weight is 428 g/mol. The van der Waals surface area contributed by atoms with Gasteiger partial charge in [-0.3, -0.25) is 9.59 Å². The minimum Gasteiger partial charge on any atom is -0.497 e. The molecule has 2 aromatic rings. The topological polar surface area (TPSA) is 61.9 Å². The van der Waals surface area contributed by atoms with E-state index in [2.05, 4.69) is 10.2 Å². The van der Waals surface area contributed by atoms with Gasteiger partial charge < -0.3 is 19.9 Å². The van der Waals surface area contributed by atoms with E-state index in [0.29, 0.717) is 38.0 Å². The van der Waals surface area contributed by atoms with Crippen LogP contribution in [0.5, 0.6) is 5.75 Å². The monoisotopic (exact) mass is 427 g/mol. The van der Waals surface area contributed by atoms with E-state index in [1.165, 1.54) is 12.1 Å². The molecule has 2 amide bonds. The van der Waals surface area contributed by atoms with Crippen LogP contribution in [0, 0.1) is 5.82 Å². The zero-order valence-electron chi connectivity index (χ0n) is 18.0. The van der Waals surface area contributed by atoms with Crippen molar-refractivity contribution in [2.45, 2.75) is 25.7 Å². The molecule has 0 saturated carbocycles. The van der Waals surface area contributed by atoms with Crippen LogP contribution < -0.4 is 10.1 Å². The second-order valence-corrected chi connectivity index (χ2v) is 7.73. The number of hydrogen-bond donors (Lipinski definition) is 1. The van der Waals surface area contributed by atoms with E-state index in [1.54, 1.807) is 19.2 Å². The average Bonchev–Trinajstić information content (AvgIpc) is 3.04. The summed E-state index contributed by atoms with van der Waals surface area (Å²) in [7, 11) is 1.64. The Bertz CT molecular complexity index is 855. The van der Waals surface area contributed by atoms with E-state index in [-0.39, 0.29) is 17.6 Å². The summed E-state index contributed by atoms with van der Waals surface area (Å²) in [5.41, 5.74) is 1.72. The molecule has 1 aliphatic heterocycles. The van der Waals surface area contributed by atoms with Crippen molar-refractivity contribution in [1.82, 2.24) is 9.80 Å². The van der Waals surface area contributed by atoms with Gasteiger partial charge in [0.2, 0.25) is 11.8 Å². The summed E-state index contributed by atoms with van der Waals surface area (Å²) >= 11 is 0. The fraction of sp³-hybridized carbons (Fsp3) is 0.417. The summed E-state index contributed by atoms with van der Waals surface area (Å²) in [4.78, 5) is 28.9. The van der Waals surface area contributed by atoms with Gasteiger partial charge in [0.1, 0.15) is 11.6 Å². The number of aryl methyl sites for hydroxylation is 1. The van der Waals surface area contributed by atoms with E-state index in [9.17, 15) is 14.0 Å². The van der Waals surface area contributed by atoms with Gasteiger partial charge >= 0.3 is 0 Å². The molecule has 3 rings (SSSR count). The zero-order valence-corrected chi connectivity index (χ0v) is 18.0. The Morgan fingerprint density at radius 2 is 1.71 bits per heavy atom. The molecule has 166 valence electrons. The van der Waals surface area contributed by atoms with Gasteiger partial charge in [0.25, 0.3) is 0 Å². The molecule has 1 heterocycles. The molecule has 1 saturated heterocycles. The predicted octanol–water partition coefficient (Wildman–Crippen LogP) is 3.33. The van der Waals surface area contributed by atoms with Crippen LogP contribution in [-0.4, -0.2) is 61.4 Å². The minimum absolute atomic E-state index is 0.0942. The number of carbonyl (C=O) groups excluding carboxylic acids is 2. The Hall–Kier alpha value is -2.93. The fourth-order valence-corrected chi connectivity index (χ4v) is 3.66. The van der Waals surface area contributed by atoms with Crippen molar-refractivity contribution in [2.75, 3.05) is 45.2 Å². The number of carbonyl (C=O) groups is 2. The SMILES string of the molecule is COc1ccc(CCC(=O)N2CCCN(CCC(=O)Nc3ccc(F)cc3)CC2)cc1. The lowest BCUT2D eigenvalue weighted by Gasteiger charge is -2.22. The van der Waals surface area contributed by atoms with Crippen molar-refractivity contribution < 1.29 is 18.7 Å². The van der Waals surface area contributed by atoms with Crippen LogP contribution in [0.4, 0.5) is 10.1 Å². The van der Waals surface area contributed by atoms with Gasteiger partial charge in [-0.05, 0) is 61.3 Å². The summed E-state index contributed by atoms with van der Waals surface area (Å²) in [6.07, 6.45) is 2.47. The maximum Gasteiger partial charge on any atom is 0.225 e. The standard InChI is InChI=1S/C24H30FN3O3/c1-31-22-10-3-19(4-11-22)5-12-24(30)28-15-2-14-27(17-18-28)16-13-23(29)26-21-8-6-20(25)7-9-21/h3-4,6-11H,2,5,12-18H2,1H3,(H,26,29). The van der Waals surface area contributed by atoms with Crippen molar-refractivity contribution in [3.8, 4) is 5.75 Å². The van der Waals surface area contributed by atoms with E-state index in [0.717, 1.165) is 37.4 Å². The van der Waals surface area contributed by atoms with Gasteiger partial charge in [-0.1, -0.05) is 12.1 Å². The molecule has 0 atom stereocenters. The number of ether oxygens (including phenoxy) is 1. The third-order valence-electron chi connectivity index (χ3n) is 5.51. The summed E-state index contributed by atoms with van der Waals surface area (Å²) in [5.74, 6) is 0.565. The molecular formula is C24H30FN3O3. The van der Waals surface area contributed by atoms with E-state index in [4.69, 9.17) is 4.74 Å². The van der Waals surface area contributed by atoms with Crippen LogP contribution in [0.1, 0.15) is 24.8 Å². The van der Waals surface area contributed by atoms with Crippen molar-refractivity contribution in [3.63, 3.8) is 0 Å². The number of methoxy groups -OCH3 is 1. The van der Waals surface area contributed by atoms with E-state index < -0.39 is 0 Å². The number of benzene rings is 2. The molecular weight excluding hydrogens is 397 g/mol. The highest BCUT2D eigenvalue weighted by Gasteiger charge is 2.19. The highest BCUT2D eigenvalue weighted by atomic mass is 19.1. The second kappa shape index (κ2) is 11.5. The largest absolute Gasteiger partial charge is 0.497 e. The van der Waals surface area contributed by atoms with Gasteiger partial charge in [0, 0.05) is 44.7 Å². The summed E-state index contributed by atoms with van der Waals surface area (Å²) in [5, 5.41) is 2.79. The second-order valence-electron chi connectivity index (χ2n) is 7.73. The maximum absolute atomic E-state index is 13.0.